The molecule has 0 fully saturated rings. The number of hydrogen-bond acceptors (Lipinski definition) is 4. The van der Waals surface area contributed by atoms with Crippen LogP contribution in [0.15, 0.2) is 42.5 Å². The molecule has 0 saturated carbocycles. The number of nitrogens with one attached hydrogen (secondary N) is 2. The van der Waals surface area contributed by atoms with Crippen LogP contribution in [0.3, 0.4) is 0 Å². The monoisotopic (exact) mass is 400 g/mol. The first-order chi connectivity index (χ1) is 13.2. The van der Waals surface area contributed by atoms with Crippen LogP contribution in [0.5, 0.6) is 0 Å². The van der Waals surface area contributed by atoms with Gasteiger partial charge in [-0.05, 0) is 50.6 Å². The van der Waals surface area contributed by atoms with Gasteiger partial charge in [-0.2, -0.15) is 0 Å². The van der Waals surface area contributed by atoms with Crippen LogP contribution < -0.4 is 10.6 Å². The van der Waals surface area contributed by atoms with E-state index in [1.165, 1.54) is 6.07 Å². The molecule has 2 N–H and O–H groups in total. The number of ether oxygens (including phenoxy) is 1. The van der Waals surface area contributed by atoms with Crippen LogP contribution in [0.2, 0.25) is 5.02 Å². The highest BCUT2D eigenvalue weighted by Gasteiger charge is 2.42. The molecule has 146 valence electrons. The molecule has 0 bridgehead atoms. The number of carbonyl (C=O) groups excluding carboxylic acids is 3. The van der Waals surface area contributed by atoms with Gasteiger partial charge in [0.15, 0.2) is 5.60 Å². The van der Waals surface area contributed by atoms with Crippen molar-refractivity contribution < 1.29 is 19.1 Å². The minimum absolute atomic E-state index is 0.0694. The lowest BCUT2D eigenvalue weighted by Crippen LogP contribution is -2.49. The molecule has 2 aromatic carbocycles. The van der Waals surface area contributed by atoms with E-state index in [0.29, 0.717) is 10.6 Å². The molecule has 6 nitrogen and oxygen atoms in total. The van der Waals surface area contributed by atoms with Gasteiger partial charge in [-0.1, -0.05) is 29.8 Å². The Balaban J connectivity index is 1.88. The Kier molecular flexibility index (Phi) is 5.42. The van der Waals surface area contributed by atoms with Gasteiger partial charge in [-0.3, -0.25) is 9.59 Å². The number of carbonyl (C=O) groups is 3. The molecule has 1 atom stereocenters. The molecular weight excluding hydrogens is 380 g/mol. The van der Waals surface area contributed by atoms with Gasteiger partial charge in [-0.25, -0.2) is 4.79 Å². The zero-order valence-corrected chi connectivity index (χ0v) is 16.6. The number of benzene rings is 2. The maximum absolute atomic E-state index is 13.0. The number of cyclic esters (lactones) is 1. The molecule has 2 aromatic rings. The van der Waals surface area contributed by atoms with E-state index < -0.39 is 17.5 Å². The number of amides is 2. The molecule has 1 heterocycles. The molecule has 0 radical (unpaired) electrons. The molecule has 0 saturated heterocycles. The molecule has 0 spiro atoms. The molecule has 1 aliphatic rings. The lowest BCUT2D eigenvalue weighted by Gasteiger charge is -2.33. The average molecular weight is 401 g/mol. The number of rotatable bonds is 4. The van der Waals surface area contributed by atoms with E-state index in [2.05, 4.69) is 10.6 Å². The first-order valence-corrected chi connectivity index (χ1v) is 9.30. The van der Waals surface area contributed by atoms with Gasteiger partial charge in [0.05, 0.1) is 16.8 Å². The van der Waals surface area contributed by atoms with E-state index in [4.69, 9.17) is 16.3 Å². The van der Waals surface area contributed by atoms with E-state index in [1.807, 2.05) is 13.8 Å². The Morgan fingerprint density at radius 3 is 2.61 bits per heavy atom. The lowest BCUT2D eigenvalue weighted by molar-refractivity contribution is -0.134. The van der Waals surface area contributed by atoms with Crippen molar-refractivity contribution in [2.45, 2.75) is 38.8 Å². The van der Waals surface area contributed by atoms with Gasteiger partial charge in [0.25, 0.3) is 11.8 Å². The summed E-state index contributed by atoms with van der Waals surface area (Å²) < 4.78 is 5.44. The fourth-order valence-corrected chi connectivity index (χ4v) is 3.24. The molecule has 28 heavy (non-hydrogen) atoms. The van der Waals surface area contributed by atoms with Crippen LogP contribution in [0, 0.1) is 0 Å². The number of fused-ring (bicyclic) bond motifs is 1. The quantitative estimate of drug-likeness (QED) is 0.768. The van der Waals surface area contributed by atoms with Crippen molar-refractivity contribution in [2.75, 3.05) is 5.32 Å². The molecule has 1 aliphatic heterocycles. The maximum atomic E-state index is 13.0. The summed E-state index contributed by atoms with van der Waals surface area (Å²) in [4.78, 5) is 37.8. The lowest BCUT2D eigenvalue weighted by atomic mass is 9.89. The van der Waals surface area contributed by atoms with Crippen LogP contribution >= 0.6 is 11.6 Å². The molecule has 3 rings (SSSR count). The summed E-state index contributed by atoms with van der Waals surface area (Å²) in [5, 5.41) is 5.86. The van der Waals surface area contributed by atoms with Crippen molar-refractivity contribution >= 4 is 35.1 Å². The zero-order valence-electron chi connectivity index (χ0n) is 15.8. The topological polar surface area (TPSA) is 84.5 Å². The van der Waals surface area contributed by atoms with Gasteiger partial charge < -0.3 is 15.4 Å². The molecule has 2 amide bonds. The van der Waals surface area contributed by atoms with Crippen molar-refractivity contribution in [1.82, 2.24) is 5.32 Å². The molecule has 1 unspecified atom stereocenters. The fraction of sp³-hybridized carbons (Fsp3) is 0.286. The van der Waals surface area contributed by atoms with Gasteiger partial charge >= 0.3 is 5.97 Å². The second kappa shape index (κ2) is 7.64. The Labute approximate surface area is 168 Å². The second-order valence-corrected chi connectivity index (χ2v) is 7.66. The molecule has 0 aromatic heterocycles. The third-order valence-corrected chi connectivity index (χ3v) is 4.69. The van der Waals surface area contributed by atoms with Crippen molar-refractivity contribution in [3.63, 3.8) is 0 Å². The van der Waals surface area contributed by atoms with E-state index in [1.54, 1.807) is 43.3 Å². The summed E-state index contributed by atoms with van der Waals surface area (Å²) in [5.41, 5.74) is 0.316. The highest BCUT2D eigenvalue weighted by Crippen LogP contribution is 2.30. The SMILES string of the molecule is CC(C)NC(=O)c1ccc(Cl)cc1NC(=O)C1(C)Cc2ccccc2C(=O)O1. The second-order valence-electron chi connectivity index (χ2n) is 7.23. The standard InChI is InChI=1S/C21H21ClN2O4/c1-12(2)23-18(25)16-9-8-14(22)10-17(16)24-20(27)21(3)11-13-6-4-5-7-15(13)19(26)28-21/h4-10,12H,11H2,1-3H3,(H,23,25)(H,24,27). The maximum Gasteiger partial charge on any atom is 0.339 e. The summed E-state index contributed by atoms with van der Waals surface area (Å²) in [6, 6.07) is 11.6. The predicted octanol–water partition coefficient (Wildman–Crippen LogP) is 3.59. The van der Waals surface area contributed by atoms with E-state index >= 15 is 0 Å². The van der Waals surface area contributed by atoms with E-state index in [9.17, 15) is 14.4 Å². The van der Waals surface area contributed by atoms with Crippen LogP contribution in [0.25, 0.3) is 0 Å². The Morgan fingerprint density at radius 1 is 1.18 bits per heavy atom. The van der Waals surface area contributed by atoms with Crippen LogP contribution in [0.4, 0.5) is 5.69 Å². The third kappa shape index (κ3) is 4.02. The molecular formula is C21H21ClN2O4. The summed E-state index contributed by atoms with van der Waals surface area (Å²) >= 11 is 6.05. The normalized spacial score (nSPS) is 18.2. The van der Waals surface area contributed by atoms with Gasteiger partial charge in [0, 0.05) is 17.5 Å². The minimum atomic E-state index is -1.40. The number of halogens is 1. The number of hydrogen-bond donors (Lipinski definition) is 2. The van der Waals surface area contributed by atoms with Gasteiger partial charge in [0.2, 0.25) is 0 Å². The van der Waals surface area contributed by atoms with Gasteiger partial charge in [-0.15, -0.1) is 0 Å². The van der Waals surface area contributed by atoms with E-state index in [0.717, 1.165) is 5.56 Å². The van der Waals surface area contributed by atoms with Gasteiger partial charge in [0.1, 0.15) is 0 Å². The molecule has 0 aliphatic carbocycles. The number of anilines is 1. The smallest absolute Gasteiger partial charge is 0.339 e. The first kappa shape index (κ1) is 19.9. The summed E-state index contributed by atoms with van der Waals surface area (Å²) in [5.74, 6) is -1.42. The first-order valence-electron chi connectivity index (χ1n) is 8.93. The Hall–Kier alpha value is -2.86. The number of esters is 1. The highest BCUT2D eigenvalue weighted by molar-refractivity contribution is 6.31. The Morgan fingerprint density at radius 2 is 1.89 bits per heavy atom. The van der Waals surface area contributed by atoms with Crippen LogP contribution in [0.1, 0.15) is 47.1 Å². The predicted molar refractivity (Wildman–Crippen MR) is 107 cm³/mol. The minimum Gasteiger partial charge on any atom is -0.445 e. The van der Waals surface area contributed by atoms with Crippen molar-refractivity contribution in [3.8, 4) is 0 Å². The fourth-order valence-electron chi connectivity index (χ4n) is 3.07. The van der Waals surface area contributed by atoms with Crippen LogP contribution in [-0.2, 0) is 16.0 Å². The van der Waals surface area contributed by atoms with Crippen molar-refractivity contribution in [3.05, 3.63) is 64.2 Å². The summed E-state index contributed by atoms with van der Waals surface area (Å²) in [6.07, 6.45) is 0.231. The third-order valence-electron chi connectivity index (χ3n) is 4.46. The largest absolute Gasteiger partial charge is 0.445 e. The zero-order chi connectivity index (χ0) is 20.5. The average Bonchev–Trinajstić information content (AvgIpc) is 2.61. The Bertz CT molecular complexity index is 957. The highest BCUT2D eigenvalue weighted by atomic mass is 35.5. The van der Waals surface area contributed by atoms with Crippen molar-refractivity contribution in [2.24, 2.45) is 0 Å². The van der Waals surface area contributed by atoms with E-state index in [-0.39, 0.29) is 29.6 Å². The molecule has 7 heteroatoms. The van der Waals surface area contributed by atoms with Crippen LogP contribution in [-0.4, -0.2) is 29.4 Å². The summed E-state index contributed by atoms with van der Waals surface area (Å²) in [7, 11) is 0. The summed E-state index contributed by atoms with van der Waals surface area (Å²) in [6.45, 7) is 5.23. The van der Waals surface area contributed by atoms with Crippen molar-refractivity contribution in [1.29, 1.82) is 0 Å².